The van der Waals surface area contributed by atoms with Crippen molar-refractivity contribution in [1.29, 1.82) is 0 Å². The molecule has 0 fully saturated rings. The van der Waals surface area contributed by atoms with Crippen LogP contribution in [-0.2, 0) is 4.74 Å². The molecule has 82 valence electrons. The second kappa shape index (κ2) is 4.94. The van der Waals surface area contributed by atoms with Crippen LogP contribution in [0.25, 0.3) is 0 Å². The molecule has 0 aliphatic heterocycles. The maximum Gasteiger partial charge on any atom is 0.0756 e. The molecule has 2 nitrogen and oxygen atoms in total. The molecule has 0 spiro atoms. The third kappa shape index (κ3) is 3.43. The van der Waals surface area contributed by atoms with Gasteiger partial charge in [0.1, 0.15) is 0 Å². The van der Waals surface area contributed by atoms with E-state index in [2.05, 4.69) is 32.9 Å². The number of allylic oxidation sites excluding steroid dienone is 1. The molecule has 1 aliphatic rings. The fourth-order valence-corrected chi connectivity index (χ4v) is 1.87. The van der Waals surface area contributed by atoms with Gasteiger partial charge in [0.2, 0.25) is 0 Å². The summed E-state index contributed by atoms with van der Waals surface area (Å²) >= 11 is 0. The van der Waals surface area contributed by atoms with Crippen LogP contribution in [0, 0.1) is 11.3 Å². The van der Waals surface area contributed by atoms with E-state index in [9.17, 15) is 0 Å². The van der Waals surface area contributed by atoms with Gasteiger partial charge in [0.05, 0.1) is 12.7 Å². The van der Waals surface area contributed by atoms with Gasteiger partial charge in [0, 0.05) is 6.54 Å². The van der Waals surface area contributed by atoms with Crippen molar-refractivity contribution in [3.8, 4) is 0 Å². The minimum absolute atomic E-state index is 0.303. The average molecular weight is 197 g/mol. The zero-order valence-corrected chi connectivity index (χ0v) is 9.62. The number of nitrogens with two attached hydrogens (primary N) is 1. The lowest BCUT2D eigenvalue weighted by Crippen LogP contribution is -2.26. The minimum atomic E-state index is 0.303. The zero-order chi connectivity index (χ0) is 10.6. The van der Waals surface area contributed by atoms with Crippen molar-refractivity contribution in [2.24, 2.45) is 17.1 Å². The first kappa shape index (κ1) is 11.7. The standard InChI is InChI=1S/C12H23NO/c1-12(2,3)10-4-6-11(7-5-10)14-9-8-13/h4,6,10-11H,5,7-9,13H2,1-3H3. The van der Waals surface area contributed by atoms with E-state index in [1.807, 2.05) is 0 Å². The fourth-order valence-electron chi connectivity index (χ4n) is 1.87. The van der Waals surface area contributed by atoms with E-state index < -0.39 is 0 Å². The van der Waals surface area contributed by atoms with Crippen LogP contribution in [0.5, 0.6) is 0 Å². The number of hydrogen-bond donors (Lipinski definition) is 1. The first-order chi connectivity index (χ1) is 6.54. The maximum absolute atomic E-state index is 5.58. The van der Waals surface area contributed by atoms with Gasteiger partial charge < -0.3 is 10.5 Å². The van der Waals surface area contributed by atoms with Crippen molar-refractivity contribution in [2.75, 3.05) is 13.2 Å². The lowest BCUT2D eigenvalue weighted by Gasteiger charge is -2.32. The molecular formula is C12H23NO. The molecule has 0 saturated carbocycles. The van der Waals surface area contributed by atoms with E-state index in [1.165, 1.54) is 6.42 Å². The number of rotatable bonds is 3. The predicted molar refractivity (Wildman–Crippen MR) is 60.1 cm³/mol. The van der Waals surface area contributed by atoms with E-state index in [1.54, 1.807) is 0 Å². The molecule has 0 aromatic heterocycles. The fraction of sp³-hybridized carbons (Fsp3) is 0.833. The van der Waals surface area contributed by atoms with Crippen LogP contribution in [-0.4, -0.2) is 19.3 Å². The Morgan fingerprint density at radius 3 is 2.43 bits per heavy atom. The molecular weight excluding hydrogens is 174 g/mol. The SMILES string of the molecule is CC(C)(C)C1C=CC(OCCN)CC1. The smallest absolute Gasteiger partial charge is 0.0756 e. The van der Waals surface area contributed by atoms with Crippen LogP contribution in [0.1, 0.15) is 33.6 Å². The lowest BCUT2D eigenvalue weighted by molar-refractivity contribution is 0.0704. The molecule has 0 radical (unpaired) electrons. The van der Waals surface area contributed by atoms with Crippen LogP contribution in [0.15, 0.2) is 12.2 Å². The van der Waals surface area contributed by atoms with Crippen molar-refractivity contribution in [2.45, 2.75) is 39.7 Å². The van der Waals surface area contributed by atoms with Crippen LogP contribution in [0.2, 0.25) is 0 Å². The van der Waals surface area contributed by atoms with Gasteiger partial charge in [0.25, 0.3) is 0 Å². The van der Waals surface area contributed by atoms with Gasteiger partial charge >= 0.3 is 0 Å². The van der Waals surface area contributed by atoms with Gasteiger partial charge in [0.15, 0.2) is 0 Å². The van der Waals surface area contributed by atoms with Crippen LogP contribution < -0.4 is 5.73 Å². The zero-order valence-electron chi connectivity index (χ0n) is 9.62. The largest absolute Gasteiger partial charge is 0.373 e. The Kier molecular flexibility index (Phi) is 4.14. The second-order valence-corrected chi connectivity index (χ2v) is 5.13. The van der Waals surface area contributed by atoms with Gasteiger partial charge in [-0.05, 0) is 24.2 Å². The highest BCUT2D eigenvalue weighted by atomic mass is 16.5. The normalized spacial score (nSPS) is 28.0. The van der Waals surface area contributed by atoms with Crippen molar-refractivity contribution in [3.63, 3.8) is 0 Å². The van der Waals surface area contributed by atoms with Crippen molar-refractivity contribution in [3.05, 3.63) is 12.2 Å². The summed E-state index contributed by atoms with van der Waals surface area (Å²) in [4.78, 5) is 0. The summed E-state index contributed by atoms with van der Waals surface area (Å²) in [5, 5.41) is 0. The number of ether oxygens (including phenoxy) is 1. The molecule has 2 atom stereocenters. The Labute approximate surface area is 87.5 Å². The first-order valence-electron chi connectivity index (χ1n) is 5.54. The Bertz CT molecular complexity index is 193. The Hall–Kier alpha value is -0.340. The maximum atomic E-state index is 5.58. The van der Waals surface area contributed by atoms with Gasteiger partial charge in [-0.1, -0.05) is 32.9 Å². The van der Waals surface area contributed by atoms with Gasteiger partial charge in [-0.3, -0.25) is 0 Å². The molecule has 1 aliphatic carbocycles. The summed E-state index contributed by atoms with van der Waals surface area (Å²) in [5.41, 5.74) is 5.78. The van der Waals surface area contributed by atoms with Gasteiger partial charge in [-0.25, -0.2) is 0 Å². The Morgan fingerprint density at radius 1 is 1.29 bits per heavy atom. The molecule has 0 saturated heterocycles. The molecule has 2 N–H and O–H groups in total. The van der Waals surface area contributed by atoms with Crippen LogP contribution >= 0.6 is 0 Å². The Morgan fingerprint density at radius 2 is 2.00 bits per heavy atom. The molecule has 0 amide bonds. The molecule has 14 heavy (non-hydrogen) atoms. The van der Waals surface area contributed by atoms with E-state index in [4.69, 9.17) is 10.5 Å². The highest BCUT2D eigenvalue weighted by Gasteiger charge is 2.25. The predicted octanol–water partition coefficient (Wildman–Crippen LogP) is 2.34. The summed E-state index contributed by atoms with van der Waals surface area (Å²) in [5.74, 6) is 0.695. The summed E-state index contributed by atoms with van der Waals surface area (Å²) in [7, 11) is 0. The van der Waals surface area contributed by atoms with Gasteiger partial charge in [-0.15, -0.1) is 0 Å². The third-order valence-corrected chi connectivity index (χ3v) is 2.88. The topological polar surface area (TPSA) is 35.2 Å². The summed E-state index contributed by atoms with van der Waals surface area (Å²) in [6.45, 7) is 8.18. The van der Waals surface area contributed by atoms with Gasteiger partial charge in [-0.2, -0.15) is 0 Å². The van der Waals surface area contributed by atoms with E-state index >= 15 is 0 Å². The Balaban J connectivity index is 2.39. The average Bonchev–Trinajstić information content (AvgIpc) is 2.14. The van der Waals surface area contributed by atoms with E-state index in [0.717, 1.165) is 6.42 Å². The second-order valence-electron chi connectivity index (χ2n) is 5.13. The monoisotopic (exact) mass is 197 g/mol. The molecule has 0 heterocycles. The van der Waals surface area contributed by atoms with Crippen molar-refractivity contribution in [1.82, 2.24) is 0 Å². The van der Waals surface area contributed by atoms with Crippen LogP contribution in [0.4, 0.5) is 0 Å². The third-order valence-electron chi connectivity index (χ3n) is 2.88. The van der Waals surface area contributed by atoms with Crippen molar-refractivity contribution >= 4 is 0 Å². The molecule has 1 rings (SSSR count). The highest BCUT2D eigenvalue weighted by molar-refractivity contribution is 5.02. The number of hydrogen-bond acceptors (Lipinski definition) is 2. The lowest BCUT2D eigenvalue weighted by atomic mass is 9.75. The molecule has 0 aromatic carbocycles. The van der Waals surface area contributed by atoms with E-state index in [0.29, 0.717) is 30.6 Å². The van der Waals surface area contributed by atoms with Crippen molar-refractivity contribution < 1.29 is 4.74 Å². The summed E-state index contributed by atoms with van der Waals surface area (Å²) in [6.07, 6.45) is 7.19. The summed E-state index contributed by atoms with van der Waals surface area (Å²) in [6, 6.07) is 0. The molecule has 0 bridgehead atoms. The molecule has 0 aromatic rings. The molecule has 2 heteroatoms. The summed E-state index contributed by atoms with van der Waals surface area (Å²) < 4.78 is 5.58. The van der Waals surface area contributed by atoms with Crippen LogP contribution in [0.3, 0.4) is 0 Å². The molecule has 2 unspecified atom stereocenters. The van der Waals surface area contributed by atoms with E-state index in [-0.39, 0.29) is 0 Å². The first-order valence-corrected chi connectivity index (χ1v) is 5.54. The minimum Gasteiger partial charge on any atom is -0.373 e. The quantitative estimate of drug-likeness (QED) is 0.705. The highest BCUT2D eigenvalue weighted by Crippen LogP contribution is 2.34.